The van der Waals surface area contributed by atoms with Crippen LogP contribution in [0.15, 0.2) is 23.5 Å². The van der Waals surface area contributed by atoms with E-state index in [1.54, 1.807) is 7.11 Å². The van der Waals surface area contributed by atoms with Crippen LogP contribution in [0.5, 0.6) is 0 Å². The van der Waals surface area contributed by atoms with Gasteiger partial charge in [0.05, 0.1) is 12.9 Å². The van der Waals surface area contributed by atoms with Gasteiger partial charge >= 0.3 is 0 Å². The van der Waals surface area contributed by atoms with E-state index >= 15 is 0 Å². The van der Waals surface area contributed by atoms with Crippen molar-refractivity contribution in [2.24, 2.45) is 5.41 Å². The molecule has 0 fully saturated rings. The Labute approximate surface area is 75.1 Å². The van der Waals surface area contributed by atoms with Gasteiger partial charge in [-0.1, -0.05) is 32.4 Å². The number of methoxy groups -OCH3 is 1. The van der Waals surface area contributed by atoms with Crippen molar-refractivity contribution >= 4 is 0 Å². The molecule has 1 heteroatoms. The highest BCUT2D eigenvalue weighted by Crippen LogP contribution is 2.32. The first-order chi connectivity index (χ1) is 5.54. The molecule has 1 aliphatic rings. The van der Waals surface area contributed by atoms with E-state index in [0.717, 1.165) is 18.6 Å². The van der Waals surface area contributed by atoms with Crippen LogP contribution in [-0.4, -0.2) is 7.11 Å². The third-order valence-corrected chi connectivity index (χ3v) is 2.32. The minimum Gasteiger partial charge on any atom is -0.501 e. The molecule has 68 valence electrons. The lowest BCUT2D eigenvalue weighted by molar-refractivity contribution is 0.280. The Bertz CT molecular complexity index is 216. The molecule has 0 unspecified atom stereocenters. The summed E-state index contributed by atoms with van der Waals surface area (Å²) in [5.41, 5.74) is 1.83. The fourth-order valence-corrected chi connectivity index (χ4v) is 1.39. The fourth-order valence-electron chi connectivity index (χ4n) is 1.39. The van der Waals surface area contributed by atoms with Gasteiger partial charge in [-0.15, -0.1) is 0 Å². The van der Waals surface area contributed by atoms with Gasteiger partial charge in [0.1, 0.15) is 0 Å². The summed E-state index contributed by atoms with van der Waals surface area (Å²) in [4.78, 5) is 0. The molecule has 0 amide bonds. The zero-order valence-corrected chi connectivity index (χ0v) is 8.48. The second-order valence-electron chi connectivity index (χ2n) is 4.26. The molecular formula is C11H18O. The summed E-state index contributed by atoms with van der Waals surface area (Å²) in [6.45, 7) is 6.76. The second kappa shape index (κ2) is 3.34. The topological polar surface area (TPSA) is 9.23 Å². The molecule has 0 aromatic heterocycles. The third-order valence-electron chi connectivity index (χ3n) is 2.32. The van der Waals surface area contributed by atoms with Crippen LogP contribution >= 0.6 is 0 Å². The van der Waals surface area contributed by atoms with Crippen LogP contribution in [0.1, 0.15) is 33.6 Å². The summed E-state index contributed by atoms with van der Waals surface area (Å²) in [7, 11) is 1.74. The maximum Gasteiger partial charge on any atom is 0.0956 e. The van der Waals surface area contributed by atoms with Gasteiger partial charge in [0.25, 0.3) is 0 Å². The molecule has 0 saturated heterocycles. The van der Waals surface area contributed by atoms with Crippen molar-refractivity contribution in [3.8, 4) is 0 Å². The second-order valence-corrected chi connectivity index (χ2v) is 4.26. The predicted octanol–water partition coefficient (Wildman–Crippen LogP) is 3.28. The average Bonchev–Trinajstić information content (AvgIpc) is 2.03. The Morgan fingerprint density at radius 3 is 2.17 bits per heavy atom. The fraction of sp³-hybridized carbons (Fsp3) is 0.636. The summed E-state index contributed by atoms with van der Waals surface area (Å²) in [6.07, 6.45) is 6.48. The van der Waals surface area contributed by atoms with Crippen LogP contribution < -0.4 is 0 Å². The summed E-state index contributed by atoms with van der Waals surface area (Å²) in [5, 5.41) is 0. The van der Waals surface area contributed by atoms with Crippen molar-refractivity contribution in [1.29, 1.82) is 0 Å². The highest BCUT2D eigenvalue weighted by atomic mass is 16.5. The van der Waals surface area contributed by atoms with E-state index in [9.17, 15) is 0 Å². The summed E-state index contributed by atoms with van der Waals surface area (Å²) in [6, 6.07) is 0. The summed E-state index contributed by atoms with van der Waals surface area (Å²) < 4.78 is 5.17. The van der Waals surface area contributed by atoms with Gasteiger partial charge in [-0.3, -0.25) is 0 Å². The number of allylic oxidation sites excluding steroid dienone is 3. The predicted molar refractivity (Wildman–Crippen MR) is 51.9 cm³/mol. The number of rotatable bonds is 1. The molecule has 0 saturated carbocycles. The van der Waals surface area contributed by atoms with E-state index in [-0.39, 0.29) is 0 Å². The Morgan fingerprint density at radius 1 is 1.17 bits per heavy atom. The van der Waals surface area contributed by atoms with Gasteiger partial charge in [-0.05, 0) is 17.9 Å². The number of hydrogen-bond donors (Lipinski definition) is 0. The molecule has 0 radical (unpaired) electrons. The molecule has 0 aliphatic heterocycles. The molecule has 0 N–H and O–H groups in total. The molecule has 0 atom stereocenters. The molecule has 0 spiro atoms. The highest BCUT2D eigenvalue weighted by Gasteiger charge is 2.18. The van der Waals surface area contributed by atoms with E-state index in [4.69, 9.17) is 4.74 Å². The van der Waals surface area contributed by atoms with Gasteiger partial charge in [-0.25, -0.2) is 0 Å². The van der Waals surface area contributed by atoms with Gasteiger partial charge < -0.3 is 4.74 Å². The van der Waals surface area contributed by atoms with Crippen molar-refractivity contribution in [3.63, 3.8) is 0 Å². The van der Waals surface area contributed by atoms with Crippen LogP contribution in [0.4, 0.5) is 0 Å². The first-order valence-corrected chi connectivity index (χ1v) is 4.46. The summed E-state index contributed by atoms with van der Waals surface area (Å²) in [5.74, 6) is 1.10. The molecular weight excluding hydrogens is 148 g/mol. The molecule has 12 heavy (non-hydrogen) atoms. The number of ether oxygens (including phenoxy) is 1. The van der Waals surface area contributed by atoms with Crippen LogP contribution in [0.3, 0.4) is 0 Å². The molecule has 1 rings (SSSR count). The highest BCUT2D eigenvalue weighted by molar-refractivity contribution is 5.22. The van der Waals surface area contributed by atoms with Crippen molar-refractivity contribution in [2.45, 2.75) is 33.6 Å². The molecule has 0 bridgehead atoms. The monoisotopic (exact) mass is 166 g/mol. The smallest absolute Gasteiger partial charge is 0.0956 e. The molecule has 1 aliphatic carbocycles. The van der Waals surface area contributed by atoms with Crippen molar-refractivity contribution < 1.29 is 4.74 Å². The maximum absolute atomic E-state index is 5.17. The third kappa shape index (κ3) is 2.13. The van der Waals surface area contributed by atoms with Crippen molar-refractivity contribution in [1.82, 2.24) is 0 Å². The zero-order valence-electron chi connectivity index (χ0n) is 8.48. The maximum atomic E-state index is 5.17. The van der Waals surface area contributed by atoms with Gasteiger partial charge in [0.15, 0.2) is 0 Å². The first-order valence-electron chi connectivity index (χ1n) is 4.46. The Morgan fingerprint density at radius 2 is 1.83 bits per heavy atom. The first kappa shape index (κ1) is 9.37. The number of hydrogen-bond acceptors (Lipinski definition) is 1. The van der Waals surface area contributed by atoms with Crippen LogP contribution in [0.2, 0.25) is 0 Å². The minimum absolute atomic E-state index is 0.315. The van der Waals surface area contributed by atoms with Crippen LogP contribution in [-0.2, 0) is 4.74 Å². The SMILES string of the molecule is COC1=CCC(C(C)(C)C)=CC1. The Balaban J connectivity index is 2.61. The lowest BCUT2D eigenvalue weighted by Crippen LogP contribution is -2.11. The largest absolute Gasteiger partial charge is 0.501 e. The molecule has 0 heterocycles. The van der Waals surface area contributed by atoms with E-state index in [1.807, 2.05) is 0 Å². The van der Waals surface area contributed by atoms with E-state index in [2.05, 4.69) is 32.9 Å². The van der Waals surface area contributed by atoms with Gasteiger partial charge in [-0.2, -0.15) is 0 Å². The van der Waals surface area contributed by atoms with Gasteiger partial charge in [0.2, 0.25) is 0 Å². The van der Waals surface area contributed by atoms with E-state index < -0.39 is 0 Å². The normalized spacial score (nSPS) is 18.3. The quantitative estimate of drug-likeness (QED) is 0.543. The standard InChI is InChI=1S/C11H18O/c1-11(2,3)9-5-7-10(12-4)8-6-9/h5,8H,6-7H2,1-4H3. The van der Waals surface area contributed by atoms with Gasteiger partial charge in [0, 0.05) is 6.42 Å². The Kier molecular flexibility index (Phi) is 2.61. The van der Waals surface area contributed by atoms with E-state index in [1.165, 1.54) is 5.57 Å². The molecule has 1 nitrogen and oxygen atoms in total. The van der Waals surface area contributed by atoms with Crippen LogP contribution in [0.25, 0.3) is 0 Å². The van der Waals surface area contributed by atoms with Crippen LogP contribution in [0, 0.1) is 5.41 Å². The minimum atomic E-state index is 0.315. The zero-order chi connectivity index (χ0) is 9.19. The molecule has 0 aromatic carbocycles. The molecule has 0 aromatic rings. The summed E-state index contributed by atoms with van der Waals surface area (Å²) >= 11 is 0. The Hall–Kier alpha value is -0.720. The lowest BCUT2D eigenvalue weighted by Gasteiger charge is -2.25. The van der Waals surface area contributed by atoms with Crippen molar-refractivity contribution in [2.75, 3.05) is 7.11 Å². The van der Waals surface area contributed by atoms with E-state index in [0.29, 0.717) is 5.41 Å². The lowest BCUT2D eigenvalue weighted by atomic mass is 9.82. The average molecular weight is 166 g/mol. The van der Waals surface area contributed by atoms with Crippen molar-refractivity contribution in [3.05, 3.63) is 23.5 Å².